The summed E-state index contributed by atoms with van der Waals surface area (Å²) in [5.74, 6) is 0.761. The van der Waals surface area contributed by atoms with Crippen LogP contribution in [0.25, 0.3) is 11.0 Å². The molecule has 1 aliphatic rings. The smallest absolute Gasteiger partial charge is 0.178 e. The molecule has 2 nitrogen and oxygen atoms in total. The number of aromatic amines is 1. The average Bonchev–Trinajstić information content (AvgIpc) is 2.71. The average molecular weight is 311 g/mol. The zero-order chi connectivity index (χ0) is 12.2. The summed E-state index contributed by atoms with van der Waals surface area (Å²) < 4.78 is 4.15. The Kier molecular flexibility index (Phi) is 2.49. The molecule has 1 unspecified atom stereocenters. The predicted molar refractivity (Wildman–Crippen MR) is 76.7 cm³/mol. The lowest BCUT2D eigenvalue weighted by molar-refractivity contribution is 0.502. The molecule has 1 aromatic heterocycles. The first kappa shape index (κ1) is 11.5. The highest BCUT2D eigenvalue weighted by atomic mass is 79.9. The number of rotatable bonds is 2. The molecular weight excluding hydrogens is 296 g/mol. The number of fused-ring (bicyclic) bond motifs is 1. The van der Waals surface area contributed by atoms with Crippen molar-refractivity contribution in [1.82, 2.24) is 9.55 Å². The highest BCUT2D eigenvalue weighted by Crippen LogP contribution is 2.52. The Morgan fingerprint density at radius 3 is 2.88 bits per heavy atom. The number of nitrogens with one attached hydrogen (secondary N) is 1. The second-order valence-corrected chi connectivity index (χ2v) is 6.89. The summed E-state index contributed by atoms with van der Waals surface area (Å²) in [6.07, 6.45) is 1.30. The van der Waals surface area contributed by atoms with Gasteiger partial charge in [0.25, 0.3) is 0 Å². The van der Waals surface area contributed by atoms with E-state index in [9.17, 15) is 0 Å². The van der Waals surface area contributed by atoms with Crippen LogP contribution in [0, 0.1) is 16.1 Å². The summed E-state index contributed by atoms with van der Waals surface area (Å²) in [7, 11) is 0. The molecule has 4 heteroatoms. The van der Waals surface area contributed by atoms with Crippen molar-refractivity contribution < 1.29 is 0 Å². The third-order valence-electron chi connectivity index (χ3n) is 3.86. The van der Waals surface area contributed by atoms with Crippen molar-refractivity contribution in [3.05, 3.63) is 27.4 Å². The van der Waals surface area contributed by atoms with Gasteiger partial charge in [-0.2, -0.15) is 0 Å². The fourth-order valence-corrected chi connectivity index (χ4v) is 3.07. The van der Waals surface area contributed by atoms with Crippen LogP contribution >= 0.6 is 28.1 Å². The lowest BCUT2D eigenvalue weighted by Gasteiger charge is -2.06. The Balaban J connectivity index is 2.04. The molecule has 0 saturated heterocycles. The Hall–Kier alpha value is -0.610. The van der Waals surface area contributed by atoms with Gasteiger partial charge in [-0.1, -0.05) is 29.8 Å². The zero-order valence-corrected chi connectivity index (χ0v) is 12.4. The Morgan fingerprint density at radius 2 is 2.24 bits per heavy atom. The number of hydrogen-bond donors (Lipinski definition) is 1. The minimum atomic E-state index is 0.494. The van der Waals surface area contributed by atoms with Gasteiger partial charge >= 0.3 is 0 Å². The van der Waals surface area contributed by atoms with E-state index in [1.165, 1.54) is 11.9 Å². The largest absolute Gasteiger partial charge is 0.331 e. The van der Waals surface area contributed by atoms with Crippen molar-refractivity contribution in [3.8, 4) is 0 Å². The monoisotopic (exact) mass is 310 g/mol. The molecule has 0 spiro atoms. The minimum absolute atomic E-state index is 0.494. The summed E-state index contributed by atoms with van der Waals surface area (Å²) in [5, 5.41) is 0. The minimum Gasteiger partial charge on any atom is -0.331 e. The molecule has 0 amide bonds. The molecule has 90 valence electrons. The van der Waals surface area contributed by atoms with E-state index in [0.717, 1.165) is 27.2 Å². The summed E-state index contributed by atoms with van der Waals surface area (Å²) in [6.45, 7) is 5.69. The first-order valence-electron chi connectivity index (χ1n) is 5.85. The molecule has 1 aliphatic carbocycles. The number of benzene rings is 1. The number of hydrogen-bond acceptors (Lipinski definition) is 1. The fourth-order valence-electron chi connectivity index (χ4n) is 2.43. The van der Waals surface area contributed by atoms with Crippen molar-refractivity contribution in [2.24, 2.45) is 11.3 Å². The van der Waals surface area contributed by atoms with E-state index in [-0.39, 0.29) is 0 Å². The molecular formula is C13H15BrN2S. The van der Waals surface area contributed by atoms with E-state index in [0.29, 0.717) is 5.41 Å². The Morgan fingerprint density at radius 1 is 1.53 bits per heavy atom. The van der Waals surface area contributed by atoms with E-state index in [4.69, 9.17) is 12.2 Å². The first-order valence-corrected chi connectivity index (χ1v) is 7.05. The molecule has 1 atom stereocenters. The van der Waals surface area contributed by atoms with Gasteiger partial charge in [0.15, 0.2) is 4.77 Å². The highest BCUT2D eigenvalue weighted by Gasteiger charge is 2.45. The molecule has 0 aliphatic heterocycles. The van der Waals surface area contributed by atoms with Crippen molar-refractivity contribution >= 4 is 39.2 Å². The van der Waals surface area contributed by atoms with Crippen LogP contribution in [0.1, 0.15) is 20.3 Å². The van der Waals surface area contributed by atoms with E-state index in [1.54, 1.807) is 0 Å². The van der Waals surface area contributed by atoms with Crippen molar-refractivity contribution in [3.63, 3.8) is 0 Å². The van der Waals surface area contributed by atoms with E-state index >= 15 is 0 Å². The SMILES string of the molecule is CC1(C)CC1Cn1c(=S)[nH]c2cc(Br)ccc21. The molecule has 2 aromatic rings. The second-order valence-electron chi connectivity index (χ2n) is 5.59. The third-order valence-corrected chi connectivity index (χ3v) is 4.67. The van der Waals surface area contributed by atoms with Gasteiger partial charge < -0.3 is 9.55 Å². The molecule has 1 fully saturated rings. The number of aromatic nitrogens is 2. The van der Waals surface area contributed by atoms with E-state index in [1.807, 2.05) is 0 Å². The molecule has 1 N–H and O–H groups in total. The standard InChI is InChI=1S/C13H15BrN2S/c1-13(2)6-8(13)7-16-11-4-3-9(14)5-10(11)15-12(16)17/h3-5,8H,6-7H2,1-2H3,(H,15,17). The van der Waals surface area contributed by atoms with Gasteiger partial charge in [-0.15, -0.1) is 0 Å². The van der Waals surface area contributed by atoms with Crippen molar-refractivity contribution in [2.75, 3.05) is 0 Å². The predicted octanol–water partition coefficient (Wildman–Crippen LogP) is 4.51. The van der Waals surface area contributed by atoms with E-state index < -0.39 is 0 Å². The first-order chi connectivity index (χ1) is 7.97. The Labute approximate surface area is 114 Å². The van der Waals surface area contributed by atoms with Crippen LogP contribution in [0.3, 0.4) is 0 Å². The van der Waals surface area contributed by atoms with E-state index in [2.05, 4.69) is 57.5 Å². The molecule has 1 heterocycles. The molecule has 1 aromatic carbocycles. The van der Waals surface area contributed by atoms with Crippen molar-refractivity contribution in [2.45, 2.75) is 26.8 Å². The van der Waals surface area contributed by atoms with Gasteiger partial charge in [-0.3, -0.25) is 0 Å². The molecule has 17 heavy (non-hydrogen) atoms. The maximum absolute atomic E-state index is 5.41. The molecule has 3 rings (SSSR count). The molecule has 1 saturated carbocycles. The van der Waals surface area contributed by atoms with Crippen LogP contribution in [0.5, 0.6) is 0 Å². The lowest BCUT2D eigenvalue weighted by Crippen LogP contribution is -2.03. The van der Waals surface area contributed by atoms with Crippen LogP contribution < -0.4 is 0 Å². The third kappa shape index (κ3) is 1.97. The van der Waals surface area contributed by atoms with Crippen LogP contribution in [0.2, 0.25) is 0 Å². The summed E-state index contributed by atoms with van der Waals surface area (Å²) in [4.78, 5) is 3.28. The maximum atomic E-state index is 5.41. The lowest BCUT2D eigenvalue weighted by atomic mass is 10.1. The number of imidazole rings is 1. The molecule has 0 bridgehead atoms. The normalized spacial score (nSPS) is 21.9. The van der Waals surface area contributed by atoms with Crippen LogP contribution in [0.15, 0.2) is 22.7 Å². The number of halogens is 1. The zero-order valence-electron chi connectivity index (χ0n) is 9.96. The van der Waals surface area contributed by atoms with Gasteiger partial charge in [0.1, 0.15) is 0 Å². The summed E-state index contributed by atoms with van der Waals surface area (Å²) in [5.41, 5.74) is 2.82. The quantitative estimate of drug-likeness (QED) is 0.809. The van der Waals surface area contributed by atoms with Gasteiger partial charge in [0.2, 0.25) is 0 Å². The van der Waals surface area contributed by atoms with Crippen molar-refractivity contribution in [1.29, 1.82) is 0 Å². The second kappa shape index (κ2) is 3.69. The number of H-pyrrole nitrogens is 1. The van der Waals surface area contributed by atoms with Crippen LogP contribution in [0.4, 0.5) is 0 Å². The summed E-state index contributed by atoms with van der Waals surface area (Å²) in [6, 6.07) is 6.28. The van der Waals surface area contributed by atoms with Gasteiger partial charge in [-0.25, -0.2) is 0 Å². The summed E-state index contributed by atoms with van der Waals surface area (Å²) >= 11 is 8.89. The van der Waals surface area contributed by atoms with Gasteiger partial charge in [0, 0.05) is 11.0 Å². The maximum Gasteiger partial charge on any atom is 0.178 e. The Bertz CT molecular complexity index is 638. The van der Waals surface area contributed by atoms with Gasteiger partial charge in [-0.05, 0) is 48.2 Å². The number of nitrogens with zero attached hydrogens (tertiary/aromatic N) is 1. The topological polar surface area (TPSA) is 20.7 Å². The fraction of sp³-hybridized carbons (Fsp3) is 0.462. The van der Waals surface area contributed by atoms with Gasteiger partial charge in [0.05, 0.1) is 11.0 Å². The van der Waals surface area contributed by atoms with Crippen LogP contribution in [-0.2, 0) is 6.54 Å². The highest BCUT2D eigenvalue weighted by molar-refractivity contribution is 9.10. The molecule has 0 radical (unpaired) electrons. The van der Waals surface area contributed by atoms with Crippen LogP contribution in [-0.4, -0.2) is 9.55 Å².